The van der Waals surface area contributed by atoms with E-state index >= 15 is 0 Å². The van der Waals surface area contributed by atoms with Gasteiger partial charge >= 0.3 is 0 Å². The highest BCUT2D eigenvalue weighted by Gasteiger charge is 2.20. The second-order valence-electron chi connectivity index (χ2n) is 3.84. The van der Waals surface area contributed by atoms with Crippen LogP contribution in [0.3, 0.4) is 0 Å². The van der Waals surface area contributed by atoms with Crippen LogP contribution in [0.15, 0.2) is 0 Å². The van der Waals surface area contributed by atoms with E-state index in [0.717, 1.165) is 19.6 Å². The molecule has 2 heterocycles. The van der Waals surface area contributed by atoms with Crippen LogP contribution in [0, 0.1) is 0 Å². The molecule has 2 rings (SSSR count). The number of hydrogen-bond donors (Lipinski definition) is 1. The van der Waals surface area contributed by atoms with Crippen molar-refractivity contribution in [2.45, 2.75) is 19.6 Å². The van der Waals surface area contributed by atoms with E-state index in [1.807, 2.05) is 11.7 Å². The normalized spacial score (nSPS) is 15.4. The van der Waals surface area contributed by atoms with Crippen molar-refractivity contribution in [1.29, 1.82) is 0 Å². The average Bonchev–Trinajstić information content (AvgIpc) is 2.56. The number of aryl methyl sites for hydroxylation is 1. The average molecular weight is 180 g/mol. The van der Waals surface area contributed by atoms with Crippen molar-refractivity contribution >= 4 is 0 Å². The monoisotopic (exact) mass is 180 g/mol. The number of nitrogens with zero attached hydrogens (tertiary/aromatic N) is 3. The number of fused-ring (bicyclic) bond motifs is 1. The maximum absolute atomic E-state index is 4.51. The van der Waals surface area contributed by atoms with Crippen molar-refractivity contribution in [3.8, 4) is 0 Å². The van der Waals surface area contributed by atoms with Crippen molar-refractivity contribution in [3.05, 3.63) is 17.0 Å². The van der Waals surface area contributed by atoms with Gasteiger partial charge in [-0.25, -0.2) is 0 Å². The van der Waals surface area contributed by atoms with E-state index in [0.29, 0.717) is 0 Å². The van der Waals surface area contributed by atoms with E-state index in [-0.39, 0.29) is 0 Å². The van der Waals surface area contributed by atoms with Gasteiger partial charge < -0.3 is 10.2 Å². The Kier molecular flexibility index (Phi) is 2.09. The first-order valence-electron chi connectivity index (χ1n) is 4.57. The minimum Gasteiger partial charge on any atom is -0.307 e. The first kappa shape index (κ1) is 8.72. The summed E-state index contributed by atoms with van der Waals surface area (Å²) in [6.45, 7) is 2.88. The Hall–Kier alpha value is -0.870. The van der Waals surface area contributed by atoms with Crippen LogP contribution in [-0.4, -0.2) is 28.8 Å². The van der Waals surface area contributed by atoms with Gasteiger partial charge in [0.15, 0.2) is 0 Å². The van der Waals surface area contributed by atoms with Gasteiger partial charge in [-0.2, -0.15) is 5.10 Å². The van der Waals surface area contributed by atoms with Gasteiger partial charge in [-0.3, -0.25) is 4.68 Å². The van der Waals surface area contributed by atoms with Crippen molar-refractivity contribution in [1.82, 2.24) is 20.0 Å². The molecule has 0 radical (unpaired) electrons. The summed E-state index contributed by atoms with van der Waals surface area (Å²) in [4.78, 5) is 2.15. The summed E-state index contributed by atoms with van der Waals surface area (Å²) in [5.74, 6) is 0. The molecule has 0 fully saturated rings. The van der Waals surface area contributed by atoms with E-state index in [9.17, 15) is 0 Å². The summed E-state index contributed by atoms with van der Waals surface area (Å²) in [7, 11) is 6.16. The van der Waals surface area contributed by atoms with Gasteiger partial charge in [-0.15, -0.1) is 0 Å². The molecule has 0 bridgehead atoms. The van der Waals surface area contributed by atoms with Crippen LogP contribution < -0.4 is 5.32 Å². The van der Waals surface area contributed by atoms with Gasteiger partial charge in [-0.1, -0.05) is 0 Å². The van der Waals surface area contributed by atoms with Crippen LogP contribution in [0.1, 0.15) is 17.0 Å². The summed E-state index contributed by atoms with van der Waals surface area (Å²) in [6.07, 6.45) is 0. The Labute approximate surface area is 78.5 Å². The summed E-state index contributed by atoms with van der Waals surface area (Å²) < 4.78 is 1.99. The Bertz CT molecular complexity index is 314. The third-order valence-electron chi connectivity index (χ3n) is 2.42. The minimum absolute atomic E-state index is 0.935. The summed E-state index contributed by atoms with van der Waals surface area (Å²) in [5, 5.41) is 7.85. The standard InChI is InChI=1S/C9H16N4/c1-12(2)6-8-7-4-10-5-9(7)13(3)11-8/h10H,4-6H2,1-3H3. The zero-order chi connectivity index (χ0) is 9.42. The van der Waals surface area contributed by atoms with Gasteiger partial charge in [0.05, 0.1) is 11.4 Å². The van der Waals surface area contributed by atoms with E-state index in [1.54, 1.807) is 0 Å². The van der Waals surface area contributed by atoms with Gasteiger partial charge in [0.25, 0.3) is 0 Å². The van der Waals surface area contributed by atoms with Crippen LogP contribution in [0.5, 0.6) is 0 Å². The van der Waals surface area contributed by atoms with Crippen molar-refractivity contribution in [2.24, 2.45) is 7.05 Å². The molecule has 1 aliphatic heterocycles. The molecule has 0 unspecified atom stereocenters. The van der Waals surface area contributed by atoms with E-state index in [2.05, 4.69) is 29.4 Å². The second-order valence-corrected chi connectivity index (χ2v) is 3.84. The first-order valence-corrected chi connectivity index (χ1v) is 4.57. The third kappa shape index (κ3) is 1.47. The van der Waals surface area contributed by atoms with Gasteiger partial charge in [-0.05, 0) is 14.1 Å². The lowest BCUT2D eigenvalue weighted by Gasteiger charge is -2.07. The van der Waals surface area contributed by atoms with Crippen LogP contribution in [0.25, 0.3) is 0 Å². The molecule has 0 amide bonds. The smallest absolute Gasteiger partial charge is 0.0812 e. The van der Waals surface area contributed by atoms with E-state index < -0.39 is 0 Å². The zero-order valence-electron chi connectivity index (χ0n) is 8.46. The molecule has 0 atom stereocenters. The molecule has 1 aromatic heterocycles. The molecule has 13 heavy (non-hydrogen) atoms. The summed E-state index contributed by atoms with van der Waals surface area (Å²) in [6, 6.07) is 0. The molecule has 0 saturated carbocycles. The zero-order valence-corrected chi connectivity index (χ0v) is 8.46. The topological polar surface area (TPSA) is 33.1 Å². The highest BCUT2D eigenvalue weighted by molar-refractivity contribution is 5.29. The molecule has 4 nitrogen and oxygen atoms in total. The highest BCUT2D eigenvalue weighted by atomic mass is 15.3. The molecule has 72 valence electrons. The highest BCUT2D eigenvalue weighted by Crippen LogP contribution is 2.19. The SMILES string of the molecule is CN(C)Cc1nn(C)c2c1CNC2. The molecule has 0 spiro atoms. The fourth-order valence-electron chi connectivity index (χ4n) is 1.82. The molecule has 4 heteroatoms. The molecule has 1 aliphatic rings. The Morgan fingerprint density at radius 1 is 1.46 bits per heavy atom. The predicted molar refractivity (Wildman–Crippen MR) is 51.1 cm³/mol. The molecular weight excluding hydrogens is 164 g/mol. The van der Waals surface area contributed by atoms with Crippen molar-refractivity contribution < 1.29 is 0 Å². The maximum atomic E-state index is 4.51. The molecule has 1 N–H and O–H groups in total. The fourth-order valence-corrected chi connectivity index (χ4v) is 1.82. The van der Waals surface area contributed by atoms with Crippen molar-refractivity contribution in [3.63, 3.8) is 0 Å². The van der Waals surface area contributed by atoms with Gasteiger partial charge in [0.2, 0.25) is 0 Å². The van der Waals surface area contributed by atoms with Gasteiger partial charge in [0, 0.05) is 32.2 Å². The molecule has 0 aromatic carbocycles. The number of nitrogens with one attached hydrogen (secondary N) is 1. The van der Waals surface area contributed by atoms with Crippen molar-refractivity contribution in [2.75, 3.05) is 14.1 Å². The second kappa shape index (κ2) is 3.12. The molecule has 0 aliphatic carbocycles. The largest absolute Gasteiger partial charge is 0.307 e. The Morgan fingerprint density at radius 3 is 2.92 bits per heavy atom. The lowest BCUT2D eigenvalue weighted by atomic mass is 10.2. The number of rotatable bonds is 2. The van der Waals surface area contributed by atoms with Crippen LogP contribution in [0.2, 0.25) is 0 Å². The number of aromatic nitrogens is 2. The van der Waals surface area contributed by atoms with Crippen LogP contribution >= 0.6 is 0 Å². The molecule has 1 aromatic rings. The van der Waals surface area contributed by atoms with E-state index in [4.69, 9.17) is 0 Å². The quantitative estimate of drug-likeness (QED) is 0.700. The Balaban J connectivity index is 2.31. The maximum Gasteiger partial charge on any atom is 0.0812 e. The Morgan fingerprint density at radius 2 is 2.23 bits per heavy atom. The fraction of sp³-hybridized carbons (Fsp3) is 0.667. The van der Waals surface area contributed by atoms with Crippen LogP contribution in [-0.2, 0) is 26.7 Å². The number of hydrogen-bond acceptors (Lipinski definition) is 3. The van der Waals surface area contributed by atoms with Gasteiger partial charge in [0.1, 0.15) is 0 Å². The lowest BCUT2D eigenvalue weighted by Crippen LogP contribution is -2.14. The summed E-state index contributed by atoms with van der Waals surface area (Å²) >= 11 is 0. The molecular formula is C9H16N4. The van der Waals surface area contributed by atoms with Crippen LogP contribution in [0.4, 0.5) is 0 Å². The first-order chi connectivity index (χ1) is 6.18. The predicted octanol–water partition coefficient (Wildman–Crippen LogP) is 0.0849. The summed E-state index contributed by atoms with van der Waals surface area (Å²) in [5.41, 5.74) is 3.96. The van der Waals surface area contributed by atoms with E-state index in [1.165, 1.54) is 17.0 Å². The minimum atomic E-state index is 0.935. The lowest BCUT2D eigenvalue weighted by molar-refractivity contribution is 0.392. The third-order valence-corrected chi connectivity index (χ3v) is 2.42. The molecule has 0 saturated heterocycles.